The Morgan fingerprint density at radius 2 is 2.10 bits per heavy atom. The van der Waals surface area contributed by atoms with E-state index in [-0.39, 0.29) is 0 Å². The van der Waals surface area contributed by atoms with Crippen LogP contribution in [0.25, 0.3) is 0 Å². The largest absolute Gasteiger partial charge is 0.493 e. The van der Waals surface area contributed by atoms with E-state index in [0.29, 0.717) is 12.4 Å². The monoisotopic (exact) mass is 277 g/mol. The maximum atomic E-state index is 5.59. The third-order valence-corrected chi connectivity index (χ3v) is 2.79. The van der Waals surface area contributed by atoms with Crippen LogP contribution in [0.5, 0.6) is 11.5 Å². The molecule has 0 amide bonds. The SMILES string of the molecule is COc1ccc(CCNN2N=C(N)C=CN2)cc1OC. The first kappa shape index (κ1) is 14.0. The number of hydrogen-bond acceptors (Lipinski definition) is 7. The molecule has 0 saturated carbocycles. The standard InChI is InChI=1S/C13H19N5O2/c1-19-11-4-3-10(9-12(11)20-2)5-7-15-18-16-8-6-13(14)17-18/h3-4,6,8-9,15-16H,5,7H2,1-2H3,(H2,14,17). The first-order chi connectivity index (χ1) is 9.72. The molecule has 1 aliphatic rings. The predicted molar refractivity (Wildman–Crippen MR) is 77.0 cm³/mol. The van der Waals surface area contributed by atoms with Gasteiger partial charge in [-0.05, 0) is 30.2 Å². The number of nitrogens with two attached hydrogens (primary N) is 1. The summed E-state index contributed by atoms with van der Waals surface area (Å²) in [6.45, 7) is 0.701. The van der Waals surface area contributed by atoms with Gasteiger partial charge in [-0.3, -0.25) is 5.43 Å². The molecular weight excluding hydrogens is 258 g/mol. The van der Waals surface area contributed by atoms with Gasteiger partial charge in [-0.15, -0.1) is 10.3 Å². The summed E-state index contributed by atoms with van der Waals surface area (Å²) in [7, 11) is 3.25. The zero-order chi connectivity index (χ0) is 14.4. The molecule has 7 nitrogen and oxygen atoms in total. The summed E-state index contributed by atoms with van der Waals surface area (Å²) in [5.41, 5.74) is 12.7. The molecule has 108 valence electrons. The van der Waals surface area contributed by atoms with Crippen molar-refractivity contribution in [3.05, 3.63) is 36.0 Å². The van der Waals surface area contributed by atoms with Crippen LogP contribution in [0.15, 0.2) is 35.6 Å². The van der Waals surface area contributed by atoms with E-state index in [1.807, 2.05) is 18.2 Å². The van der Waals surface area contributed by atoms with E-state index in [0.717, 1.165) is 23.5 Å². The maximum absolute atomic E-state index is 5.59. The second-order valence-corrected chi connectivity index (χ2v) is 4.15. The molecule has 0 fully saturated rings. The molecule has 1 heterocycles. The molecule has 1 aromatic rings. The van der Waals surface area contributed by atoms with Crippen molar-refractivity contribution in [1.82, 2.24) is 16.1 Å². The Morgan fingerprint density at radius 3 is 2.80 bits per heavy atom. The third kappa shape index (κ3) is 3.55. The lowest BCUT2D eigenvalue weighted by Gasteiger charge is -2.22. The normalized spacial score (nSPS) is 13.7. The molecule has 1 aromatic carbocycles. The molecular formula is C13H19N5O2. The minimum atomic E-state index is 0.447. The number of rotatable bonds is 6. The Labute approximate surface area is 118 Å². The van der Waals surface area contributed by atoms with Crippen molar-refractivity contribution in [2.45, 2.75) is 6.42 Å². The van der Waals surface area contributed by atoms with E-state index in [1.165, 1.54) is 5.23 Å². The molecule has 0 saturated heterocycles. The zero-order valence-electron chi connectivity index (χ0n) is 11.6. The average Bonchev–Trinajstić information content (AvgIpc) is 2.47. The van der Waals surface area contributed by atoms with Crippen LogP contribution in [0, 0.1) is 0 Å². The highest BCUT2D eigenvalue weighted by Crippen LogP contribution is 2.27. The van der Waals surface area contributed by atoms with E-state index in [2.05, 4.69) is 16.0 Å². The molecule has 0 aromatic heterocycles. The van der Waals surface area contributed by atoms with Crippen LogP contribution in [-0.4, -0.2) is 31.8 Å². The molecule has 0 spiro atoms. The number of ether oxygens (including phenoxy) is 2. The topological polar surface area (TPSA) is 84.1 Å². The van der Waals surface area contributed by atoms with Crippen LogP contribution in [0.1, 0.15) is 5.56 Å². The van der Waals surface area contributed by atoms with Crippen LogP contribution in [0.3, 0.4) is 0 Å². The maximum Gasteiger partial charge on any atom is 0.160 e. The lowest BCUT2D eigenvalue weighted by molar-refractivity contribution is 0.145. The summed E-state index contributed by atoms with van der Waals surface area (Å²) < 4.78 is 10.5. The molecule has 1 aliphatic heterocycles. The fourth-order valence-electron chi connectivity index (χ4n) is 1.79. The number of hydrazone groups is 1. The number of amidine groups is 1. The van der Waals surface area contributed by atoms with Crippen molar-refractivity contribution in [3.8, 4) is 11.5 Å². The van der Waals surface area contributed by atoms with E-state index in [9.17, 15) is 0 Å². The molecule has 0 aliphatic carbocycles. The van der Waals surface area contributed by atoms with Gasteiger partial charge in [-0.25, -0.2) is 0 Å². The van der Waals surface area contributed by atoms with Gasteiger partial charge in [0.1, 0.15) is 5.84 Å². The average molecular weight is 277 g/mol. The van der Waals surface area contributed by atoms with Crippen molar-refractivity contribution >= 4 is 5.84 Å². The van der Waals surface area contributed by atoms with E-state index >= 15 is 0 Å². The van der Waals surface area contributed by atoms with Crippen molar-refractivity contribution < 1.29 is 9.47 Å². The Morgan fingerprint density at radius 1 is 1.30 bits per heavy atom. The van der Waals surface area contributed by atoms with Gasteiger partial charge in [0.15, 0.2) is 11.5 Å². The Balaban J connectivity index is 1.86. The molecule has 2 rings (SSSR count). The van der Waals surface area contributed by atoms with E-state index < -0.39 is 0 Å². The third-order valence-electron chi connectivity index (χ3n) is 2.79. The summed E-state index contributed by atoms with van der Waals surface area (Å²) >= 11 is 0. The number of nitrogens with one attached hydrogen (secondary N) is 2. The van der Waals surface area contributed by atoms with Gasteiger partial charge >= 0.3 is 0 Å². The smallest absolute Gasteiger partial charge is 0.160 e. The first-order valence-corrected chi connectivity index (χ1v) is 6.24. The molecule has 0 bridgehead atoms. The van der Waals surface area contributed by atoms with Crippen LogP contribution in [0.2, 0.25) is 0 Å². The second-order valence-electron chi connectivity index (χ2n) is 4.15. The molecule has 0 radical (unpaired) electrons. The highest BCUT2D eigenvalue weighted by Gasteiger charge is 2.06. The minimum Gasteiger partial charge on any atom is -0.493 e. The van der Waals surface area contributed by atoms with Crippen molar-refractivity contribution in [3.63, 3.8) is 0 Å². The summed E-state index contributed by atoms with van der Waals surface area (Å²) in [4.78, 5) is 0. The summed E-state index contributed by atoms with van der Waals surface area (Å²) in [5.74, 6) is 1.90. The molecule has 0 unspecified atom stereocenters. The van der Waals surface area contributed by atoms with Crippen molar-refractivity contribution in [1.29, 1.82) is 0 Å². The van der Waals surface area contributed by atoms with Gasteiger partial charge in [0.2, 0.25) is 0 Å². The van der Waals surface area contributed by atoms with E-state index in [4.69, 9.17) is 15.2 Å². The van der Waals surface area contributed by atoms with Crippen LogP contribution >= 0.6 is 0 Å². The fraction of sp³-hybridized carbons (Fsp3) is 0.308. The highest BCUT2D eigenvalue weighted by atomic mass is 16.5. The van der Waals surface area contributed by atoms with Gasteiger partial charge in [-0.2, -0.15) is 5.43 Å². The van der Waals surface area contributed by atoms with Crippen LogP contribution in [0.4, 0.5) is 0 Å². The van der Waals surface area contributed by atoms with Crippen LogP contribution < -0.4 is 26.1 Å². The van der Waals surface area contributed by atoms with Gasteiger partial charge in [0.25, 0.3) is 0 Å². The van der Waals surface area contributed by atoms with Crippen molar-refractivity contribution in [2.75, 3.05) is 20.8 Å². The summed E-state index contributed by atoms with van der Waals surface area (Å²) in [6.07, 6.45) is 4.22. The van der Waals surface area contributed by atoms with Gasteiger partial charge in [-0.1, -0.05) is 6.07 Å². The number of benzene rings is 1. The predicted octanol–water partition coefficient (Wildman–Crippen LogP) is 0.357. The Bertz CT molecular complexity index is 515. The Hall–Kier alpha value is -2.41. The number of methoxy groups -OCH3 is 2. The molecule has 7 heteroatoms. The Kier molecular flexibility index (Phi) is 4.67. The minimum absolute atomic E-state index is 0.447. The van der Waals surface area contributed by atoms with Crippen LogP contribution in [-0.2, 0) is 6.42 Å². The lowest BCUT2D eigenvalue weighted by Crippen LogP contribution is -2.45. The number of nitrogens with zero attached hydrogens (tertiary/aromatic N) is 2. The number of hydrogen-bond donors (Lipinski definition) is 3. The lowest BCUT2D eigenvalue weighted by atomic mass is 10.1. The summed E-state index contributed by atoms with van der Waals surface area (Å²) in [6, 6.07) is 5.86. The van der Waals surface area contributed by atoms with Gasteiger partial charge in [0.05, 0.1) is 14.2 Å². The van der Waals surface area contributed by atoms with E-state index in [1.54, 1.807) is 26.5 Å². The van der Waals surface area contributed by atoms with Gasteiger partial charge < -0.3 is 15.2 Å². The molecule has 20 heavy (non-hydrogen) atoms. The molecule has 0 atom stereocenters. The first-order valence-electron chi connectivity index (χ1n) is 6.24. The fourth-order valence-corrected chi connectivity index (χ4v) is 1.79. The quantitative estimate of drug-likeness (QED) is 0.696. The second kappa shape index (κ2) is 6.67. The number of hydrazine groups is 2. The highest BCUT2D eigenvalue weighted by molar-refractivity contribution is 5.91. The molecule has 4 N–H and O–H groups in total. The summed E-state index contributed by atoms with van der Waals surface area (Å²) in [5, 5.41) is 5.53. The van der Waals surface area contributed by atoms with Gasteiger partial charge in [0, 0.05) is 12.7 Å². The van der Waals surface area contributed by atoms with Crippen molar-refractivity contribution in [2.24, 2.45) is 10.8 Å². The zero-order valence-corrected chi connectivity index (χ0v) is 11.6.